The van der Waals surface area contributed by atoms with Crippen molar-refractivity contribution in [2.24, 2.45) is 0 Å². The first kappa shape index (κ1) is 10.3. The predicted octanol–water partition coefficient (Wildman–Crippen LogP) is -1.17. The van der Waals surface area contributed by atoms with Gasteiger partial charge in [0.05, 0.1) is 13.1 Å². The van der Waals surface area contributed by atoms with Gasteiger partial charge in [0.15, 0.2) is 0 Å². The Morgan fingerprint density at radius 3 is 2.56 bits per heavy atom. The Hall–Kier alpha value is -2.18. The number of rotatable bonds is 1. The van der Waals surface area contributed by atoms with E-state index in [0.717, 1.165) is 0 Å². The van der Waals surface area contributed by atoms with Crippen molar-refractivity contribution >= 4 is 23.5 Å². The Kier molecular flexibility index (Phi) is 2.43. The largest absolute Gasteiger partial charge is 0.383 e. The zero-order valence-corrected chi connectivity index (χ0v) is 8.73. The van der Waals surface area contributed by atoms with Crippen LogP contribution in [0.1, 0.15) is 5.56 Å². The molecule has 0 spiro atoms. The number of nitrogens with one attached hydrogen (secondary N) is 1. The molecule has 1 aromatic heterocycles. The molecule has 0 saturated carbocycles. The second kappa shape index (κ2) is 3.76. The van der Waals surface area contributed by atoms with Gasteiger partial charge in [0.2, 0.25) is 11.8 Å². The first-order valence-corrected chi connectivity index (χ1v) is 4.72. The van der Waals surface area contributed by atoms with Crippen molar-refractivity contribution in [3.8, 4) is 0 Å². The molecule has 2 heterocycles. The molecule has 1 saturated heterocycles. The van der Waals surface area contributed by atoms with Gasteiger partial charge in [-0.25, -0.2) is 9.97 Å². The summed E-state index contributed by atoms with van der Waals surface area (Å²) in [6.07, 6.45) is 1.31. The van der Waals surface area contributed by atoms with Crippen molar-refractivity contribution in [1.29, 1.82) is 0 Å². The van der Waals surface area contributed by atoms with Crippen LogP contribution in [-0.4, -0.2) is 34.9 Å². The number of hydrogen-bond donors (Lipinski definition) is 2. The molecule has 3 N–H and O–H groups in total. The van der Waals surface area contributed by atoms with Crippen LogP contribution in [-0.2, 0) is 9.59 Å². The van der Waals surface area contributed by atoms with Gasteiger partial charge < -0.3 is 10.6 Å². The monoisotopic (exact) mass is 221 g/mol. The van der Waals surface area contributed by atoms with E-state index in [9.17, 15) is 9.59 Å². The summed E-state index contributed by atoms with van der Waals surface area (Å²) in [5.41, 5.74) is 6.30. The summed E-state index contributed by atoms with van der Waals surface area (Å²) in [5, 5.41) is 2.22. The summed E-state index contributed by atoms with van der Waals surface area (Å²) in [6.45, 7) is 1.95. The van der Waals surface area contributed by atoms with Crippen LogP contribution in [0.2, 0.25) is 0 Å². The topological polar surface area (TPSA) is 101 Å². The Bertz CT molecular complexity index is 443. The Balaban J connectivity index is 2.33. The number of nitrogens with two attached hydrogens (primary N) is 1. The number of nitrogens with zero attached hydrogens (tertiary/aromatic N) is 3. The number of anilines is 2. The molecule has 0 aliphatic carbocycles. The second-order valence-corrected chi connectivity index (χ2v) is 3.53. The van der Waals surface area contributed by atoms with Crippen LogP contribution in [0.3, 0.4) is 0 Å². The van der Waals surface area contributed by atoms with Crippen molar-refractivity contribution in [2.75, 3.05) is 23.7 Å². The third kappa shape index (κ3) is 1.79. The van der Waals surface area contributed by atoms with E-state index in [1.807, 2.05) is 0 Å². The van der Waals surface area contributed by atoms with Crippen LogP contribution in [0.4, 0.5) is 11.6 Å². The fourth-order valence-corrected chi connectivity index (χ4v) is 1.56. The first-order valence-electron chi connectivity index (χ1n) is 4.72. The summed E-state index contributed by atoms with van der Waals surface area (Å²) >= 11 is 0. The van der Waals surface area contributed by atoms with Gasteiger partial charge in [-0.3, -0.25) is 14.9 Å². The highest BCUT2D eigenvalue weighted by Crippen LogP contribution is 2.20. The summed E-state index contributed by atoms with van der Waals surface area (Å²) in [6, 6.07) is 0. The van der Waals surface area contributed by atoms with Gasteiger partial charge in [-0.05, 0) is 6.92 Å². The number of carbonyl (C=O) groups excluding carboxylic acids is 2. The molecule has 84 valence electrons. The Morgan fingerprint density at radius 1 is 1.31 bits per heavy atom. The number of amides is 2. The maximum Gasteiger partial charge on any atom is 0.246 e. The maximum absolute atomic E-state index is 11.2. The number of nitrogen functional groups attached to an aromatic ring is 1. The number of carbonyl (C=O) groups is 2. The smallest absolute Gasteiger partial charge is 0.246 e. The third-order valence-corrected chi connectivity index (χ3v) is 2.34. The van der Waals surface area contributed by atoms with Crippen LogP contribution >= 0.6 is 0 Å². The van der Waals surface area contributed by atoms with Crippen molar-refractivity contribution in [2.45, 2.75) is 6.92 Å². The molecule has 0 unspecified atom stereocenters. The minimum absolute atomic E-state index is 0.100. The van der Waals surface area contributed by atoms with E-state index >= 15 is 0 Å². The summed E-state index contributed by atoms with van der Waals surface area (Å²) in [7, 11) is 0. The average molecular weight is 221 g/mol. The van der Waals surface area contributed by atoms with E-state index in [1.165, 1.54) is 6.33 Å². The van der Waals surface area contributed by atoms with Crippen molar-refractivity contribution in [1.82, 2.24) is 15.3 Å². The van der Waals surface area contributed by atoms with Crippen molar-refractivity contribution in [3.63, 3.8) is 0 Å². The fraction of sp³-hybridized carbons (Fsp3) is 0.333. The molecule has 2 rings (SSSR count). The molecular formula is C9H11N5O2. The van der Waals surface area contributed by atoms with E-state index in [4.69, 9.17) is 5.73 Å². The van der Waals surface area contributed by atoms with Gasteiger partial charge in [-0.2, -0.15) is 0 Å². The Labute approximate surface area is 91.7 Å². The minimum Gasteiger partial charge on any atom is -0.383 e. The lowest BCUT2D eigenvalue weighted by Gasteiger charge is -2.27. The lowest BCUT2D eigenvalue weighted by atomic mass is 10.2. The van der Waals surface area contributed by atoms with Gasteiger partial charge in [-0.15, -0.1) is 0 Å². The molecule has 0 bridgehead atoms. The zero-order valence-electron chi connectivity index (χ0n) is 8.73. The zero-order chi connectivity index (χ0) is 11.7. The summed E-state index contributed by atoms with van der Waals surface area (Å²) in [4.78, 5) is 31.8. The van der Waals surface area contributed by atoms with E-state index in [-0.39, 0.29) is 24.9 Å². The molecule has 7 heteroatoms. The molecule has 1 fully saturated rings. The van der Waals surface area contributed by atoms with E-state index in [2.05, 4.69) is 15.3 Å². The number of hydrogen-bond acceptors (Lipinski definition) is 6. The molecule has 1 aliphatic rings. The van der Waals surface area contributed by atoms with E-state index in [0.29, 0.717) is 17.2 Å². The highest BCUT2D eigenvalue weighted by Gasteiger charge is 2.24. The normalized spacial score (nSPS) is 16.2. The SMILES string of the molecule is Cc1c(N)ncnc1N1CC(=O)NC(=O)C1. The van der Waals surface area contributed by atoms with Crippen LogP contribution in [0, 0.1) is 6.92 Å². The molecular weight excluding hydrogens is 210 g/mol. The second-order valence-electron chi connectivity index (χ2n) is 3.53. The van der Waals surface area contributed by atoms with Crippen molar-refractivity contribution < 1.29 is 9.59 Å². The summed E-state index contributed by atoms with van der Waals surface area (Å²) < 4.78 is 0. The van der Waals surface area contributed by atoms with Gasteiger partial charge in [-0.1, -0.05) is 0 Å². The van der Waals surface area contributed by atoms with Crippen LogP contribution in [0.25, 0.3) is 0 Å². The third-order valence-electron chi connectivity index (χ3n) is 2.34. The lowest BCUT2D eigenvalue weighted by Crippen LogP contribution is -2.52. The molecule has 2 amide bonds. The predicted molar refractivity (Wildman–Crippen MR) is 56.5 cm³/mol. The number of imide groups is 1. The van der Waals surface area contributed by atoms with Gasteiger partial charge >= 0.3 is 0 Å². The fourth-order valence-electron chi connectivity index (χ4n) is 1.56. The summed E-state index contributed by atoms with van der Waals surface area (Å²) in [5.74, 6) is 0.194. The van der Waals surface area contributed by atoms with Gasteiger partial charge in [0.25, 0.3) is 0 Å². The molecule has 0 atom stereocenters. The van der Waals surface area contributed by atoms with Crippen LogP contribution in [0.5, 0.6) is 0 Å². The number of piperazine rings is 1. The lowest BCUT2D eigenvalue weighted by molar-refractivity contribution is -0.130. The molecule has 7 nitrogen and oxygen atoms in total. The molecule has 1 aliphatic heterocycles. The molecule has 1 aromatic rings. The Morgan fingerprint density at radius 2 is 1.94 bits per heavy atom. The minimum atomic E-state index is -0.340. The standard InChI is InChI=1S/C9H11N5O2/c1-5-8(10)11-4-12-9(5)14-2-6(15)13-7(16)3-14/h4H,2-3H2,1H3,(H2,10,11,12)(H,13,15,16). The van der Waals surface area contributed by atoms with E-state index in [1.54, 1.807) is 11.8 Å². The molecule has 0 radical (unpaired) electrons. The highest BCUT2D eigenvalue weighted by molar-refractivity contribution is 6.02. The molecule has 16 heavy (non-hydrogen) atoms. The highest BCUT2D eigenvalue weighted by atomic mass is 16.2. The molecule has 0 aromatic carbocycles. The first-order chi connectivity index (χ1) is 7.58. The van der Waals surface area contributed by atoms with Gasteiger partial charge in [0.1, 0.15) is 18.0 Å². The average Bonchev–Trinajstić information content (AvgIpc) is 2.20. The maximum atomic E-state index is 11.2. The van der Waals surface area contributed by atoms with Crippen LogP contribution < -0.4 is 16.0 Å². The van der Waals surface area contributed by atoms with Crippen LogP contribution in [0.15, 0.2) is 6.33 Å². The number of aromatic nitrogens is 2. The van der Waals surface area contributed by atoms with Crippen molar-refractivity contribution in [3.05, 3.63) is 11.9 Å². The van der Waals surface area contributed by atoms with Gasteiger partial charge in [0, 0.05) is 5.56 Å². The van der Waals surface area contributed by atoms with E-state index < -0.39 is 0 Å². The quantitative estimate of drug-likeness (QED) is 0.579.